The Kier molecular flexibility index (Phi) is 4.80. The van der Waals surface area contributed by atoms with E-state index in [1.807, 2.05) is 0 Å². The highest BCUT2D eigenvalue weighted by Gasteiger charge is 2.20. The fourth-order valence-electron chi connectivity index (χ4n) is 3.32. The topological polar surface area (TPSA) is 157 Å². The number of carboxylic acid groups (broad SMARTS) is 1. The molecule has 0 aliphatic heterocycles. The van der Waals surface area contributed by atoms with Crippen molar-refractivity contribution in [3.8, 4) is 11.5 Å². The Labute approximate surface area is 175 Å². The first-order valence-corrected chi connectivity index (χ1v) is 10.2. The number of phenolic OH excluding ortho intramolecular Hbond substituents is 1. The summed E-state index contributed by atoms with van der Waals surface area (Å²) in [5.74, 6) is -2.31. The van der Waals surface area contributed by atoms with Crippen LogP contribution in [0.15, 0.2) is 75.8 Å². The predicted octanol–water partition coefficient (Wildman–Crippen LogP) is 4.76. The van der Waals surface area contributed by atoms with Gasteiger partial charge in [0.25, 0.3) is 10.1 Å². The summed E-state index contributed by atoms with van der Waals surface area (Å²) in [7, 11) is -4.61. The monoisotopic (exact) mass is 438 g/mol. The van der Waals surface area contributed by atoms with Crippen LogP contribution in [0.25, 0.3) is 21.5 Å². The first-order chi connectivity index (χ1) is 14.7. The fraction of sp³-hybridized carbons (Fsp3) is 0. The minimum atomic E-state index is -4.61. The first-order valence-electron chi connectivity index (χ1n) is 8.80. The van der Waals surface area contributed by atoms with Crippen LogP contribution in [0.4, 0.5) is 11.4 Å². The third-order valence-corrected chi connectivity index (χ3v) is 5.61. The van der Waals surface area contributed by atoms with E-state index in [-0.39, 0.29) is 33.1 Å². The molecule has 4 rings (SSSR count). The number of aromatic carboxylic acids is 1. The smallest absolute Gasteiger partial charge is 0.339 e. The zero-order valence-corrected chi connectivity index (χ0v) is 16.4. The van der Waals surface area contributed by atoms with E-state index >= 15 is 0 Å². The molecule has 0 aliphatic carbocycles. The van der Waals surface area contributed by atoms with Gasteiger partial charge in [-0.25, -0.2) is 4.79 Å². The summed E-state index contributed by atoms with van der Waals surface area (Å²) in [4.78, 5) is 11.0. The Morgan fingerprint density at radius 1 is 0.806 bits per heavy atom. The van der Waals surface area contributed by atoms with Crippen LogP contribution in [0.2, 0.25) is 0 Å². The largest absolute Gasteiger partial charge is 0.506 e. The highest BCUT2D eigenvalue weighted by Crippen LogP contribution is 2.41. The Bertz CT molecular complexity index is 1510. The van der Waals surface area contributed by atoms with Crippen LogP contribution in [-0.2, 0) is 10.1 Å². The second kappa shape index (κ2) is 7.35. The third kappa shape index (κ3) is 3.54. The normalized spacial score (nSPS) is 12.0. The van der Waals surface area contributed by atoms with Crippen molar-refractivity contribution < 1.29 is 33.1 Å². The second-order valence-electron chi connectivity index (χ2n) is 6.61. The maximum Gasteiger partial charge on any atom is 0.339 e. The number of hydrogen-bond acceptors (Lipinski definition) is 7. The van der Waals surface area contributed by atoms with Crippen molar-refractivity contribution in [1.82, 2.24) is 0 Å². The molecule has 0 bridgehead atoms. The van der Waals surface area contributed by atoms with Gasteiger partial charge >= 0.3 is 5.97 Å². The molecule has 9 nitrogen and oxygen atoms in total. The number of nitrogens with zero attached hydrogens (tertiary/aromatic N) is 2. The molecule has 0 unspecified atom stereocenters. The zero-order valence-electron chi connectivity index (χ0n) is 15.6. The Balaban J connectivity index is 1.97. The van der Waals surface area contributed by atoms with Crippen molar-refractivity contribution >= 4 is 49.0 Å². The summed E-state index contributed by atoms with van der Waals surface area (Å²) in [5, 5.41) is 39.1. The van der Waals surface area contributed by atoms with Gasteiger partial charge in [0.1, 0.15) is 27.6 Å². The summed E-state index contributed by atoms with van der Waals surface area (Å²) in [6.07, 6.45) is 0. The molecular formula is C21H14N2O7S. The molecule has 31 heavy (non-hydrogen) atoms. The van der Waals surface area contributed by atoms with Crippen LogP contribution in [0, 0.1) is 0 Å². The fourth-order valence-corrected chi connectivity index (χ4v) is 4.04. The summed E-state index contributed by atoms with van der Waals surface area (Å²) in [6, 6.07) is 14.5. The molecule has 4 aromatic carbocycles. The number of azo groups is 1. The molecule has 0 aliphatic rings. The van der Waals surface area contributed by atoms with Gasteiger partial charge in [0.2, 0.25) is 0 Å². The minimum absolute atomic E-state index is 0.0722. The number of benzene rings is 4. The van der Waals surface area contributed by atoms with Crippen molar-refractivity contribution in [2.75, 3.05) is 0 Å². The minimum Gasteiger partial charge on any atom is -0.506 e. The van der Waals surface area contributed by atoms with Crippen LogP contribution in [-0.4, -0.2) is 34.3 Å². The van der Waals surface area contributed by atoms with E-state index in [9.17, 15) is 33.1 Å². The number of aromatic hydroxyl groups is 2. The van der Waals surface area contributed by atoms with Gasteiger partial charge in [-0.3, -0.25) is 4.55 Å². The lowest BCUT2D eigenvalue weighted by molar-refractivity contribution is 0.0694. The molecule has 0 fully saturated rings. The SMILES string of the molecule is O=C(O)c1cc(N=Nc2c(O)cc(S(=O)(=O)O)c3ccccc23)c2ccccc2c1O. The predicted molar refractivity (Wildman–Crippen MR) is 112 cm³/mol. The highest BCUT2D eigenvalue weighted by atomic mass is 32.2. The third-order valence-electron chi connectivity index (χ3n) is 4.72. The van der Waals surface area contributed by atoms with Crippen LogP contribution in [0.3, 0.4) is 0 Å². The molecule has 10 heteroatoms. The molecule has 156 valence electrons. The molecule has 4 aromatic rings. The molecule has 0 heterocycles. The quantitative estimate of drug-likeness (QED) is 0.264. The second-order valence-corrected chi connectivity index (χ2v) is 8.00. The Hall–Kier alpha value is -4.02. The van der Waals surface area contributed by atoms with Gasteiger partial charge in [0.15, 0.2) is 0 Å². The van der Waals surface area contributed by atoms with Crippen LogP contribution >= 0.6 is 0 Å². The van der Waals surface area contributed by atoms with Crippen LogP contribution < -0.4 is 0 Å². The van der Waals surface area contributed by atoms with Gasteiger partial charge in [-0.1, -0.05) is 48.5 Å². The molecule has 0 spiro atoms. The van der Waals surface area contributed by atoms with E-state index in [4.69, 9.17) is 0 Å². The maximum atomic E-state index is 11.7. The first kappa shape index (κ1) is 20.3. The number of rotatable bonds is 4. The lowest BCUT2D eigenvalue weighted by atomic mass is 10.0. The lowest BCUT2D eigenvalue weighted by Gasteiger charge is -2.09. The van der Waals surface area contributed by atoms with Crippen molar-refractivity contribution in [2.24, 2.45) is 10.2 Å². The van der Waals surface area contributed by atoms with E-state index < -0.39 is 32.5 Å². The van der Waals surface area contributed by atoms with Gasteiger partial charge in [-0.2, -0.15) is 8.42 Å². The van der Waals surface area contributed by atoms with E-state index in [0.717, 1.165) is 12.1 Å². The summed E-state index contributed by atoms with van der Waals surface area (Å²) in [6.45, 7) is 0. The van der Waals surface area contributed by atoms with Crippen molar-refractivity contribution in [1.29, 1.82) is 0 Å². The van der Waals surface area contributed by atoms with Gasteiger partial charge < -0.3 is 15.3 Å². The lowest BCUT2D eigenvalue weighted by Crippen LogP contribution is -1.99. The molecule has 0 aromatic heterocycles. The maximum absolute atomic E-state index is 11.7. The van der Waals surface area contributed by atoms with Crippen LogP contribution in [0.5, 0.6) is 11.5 Å². The van der Waals surface area contributed by atoms with Crippen LogP contribution in [0.1, 0.15) is 10.4 Å². The van der Waals surface area contributed by atoms with E-state index in [2.05, 4.69) is 10.2 Å². The highest BCUT2D eigenvalue weighted by molar-refractivity contribution is 7.86. The number of carbonyl (C=O) groups is 1. The average molecular weight is 438 g/mol. The zero-order chi connectivity index (χ0) is 22.3. The summed E-state index contributed by atoms with van der Waals surface area (Å²) in [5.41, 5.74) is -0.325. The Morgan fingerprint density at radius 3 is 2.00 bits per heavy atom. The molecule has 0 radical (unpaired) electrons. The molecule has 0 saturated heterocycles. The average Bonchev–Trinajstić information content (AvgIpc) is 2.73. The Morgan fingerprint density at radius 2 is 1.39 bits per heavy atom. The number of fused-ring (bicyclic) bond motifs is 2. The molecule has 0 amide bonds. The van der Waals surface area contributed by atoms with E-state index in [0.29, 0.717) is 5.39 Å². The standard InChI is InChI=1S/C21H14N2O7S/c24-17-10-18(31(28,29)30)12-6-2-3-7-13(12)19(17)23-22-16-9-15(21(26)27)20(25)14-8-4-1-5-11(14)16/h1-10,24-25H,(H,26,27)(H,28,29,30). The van der Waals surface area contributed by atoms with E-state index in [1.54, 1.807) is 30.3 Å². The van der Waals surface area contributed by atoms with Gasteiger partial charge in [-0.05, 0) is 6.07 Å². The number of phenols is 2. The van der Waals surface area contributed by atoms with Crippen molar-refractivity contribution in [3.05, 3.63) is 66.2 Å². The van der Waals surface area contributed by atoms with Crippen molar-refractivity contribution in [3.63, 3.8) is 0 Å². The molecule has 0 saturated carbocycles. The number of hydrogen-bond donors (Lipinski definition) is 4. The summed E-state index contributed by atoms with van der Waals surface area (Å²) < 4.78 is 32.8. The van der Waals surface area contributed by atoms with E-state index in [1.165, 1.54) is 18.2 Å². The van der Waals surface area contributed by atoms with Crippen molar-refractivity contribution in [2.45, 2.75) is 4.90 Å². The summed E-state index contributed by atoms with van der Waals surface area (Å²) >= 11 is 0. The molecule has 0 atom stereocenters. The van der Waals surface area contributed by atoms with Gasteiger partial charge in [0, 0.05) is 27.6 Å². The number of carboxylic acids is 1. The van der Waals surface area contributed by atoms with Gasteiger partial charge in [-0.15, -0.1) is 10.2 Å². The molecule has 4 N–H and O–H groups in total. The molecular weight excluding hydrogens is 424 g/mol. The van der Waals surface area contributed by atoms with Gasteiger partial charge in [0.05, 0.1) is 5.69 Å².